The van der Waals surface area contributed by atoms with E-state index in [0.29, 0.717) is 5.69 Å². The summed E-state index contributed by atoms with van der Waals surface area (Å²) >= 11 is 6.19. The van der Waals surface area contributed by atoms with Gasteiger partial charge in [-0.05, 0) is 30.7 Å². The van der Waals surface area contributed by atoms with Crippen LogP contribution >= 0.6 is 11.6 Å². The molecule has 0 spiro atoms. The Labute approximate surface area is 121 Å². The summed E-state index contributed by atoms with van der Waals surface area (Å²) in [6.45, 7) is 1.98. The number of pyridine rings is 1. The minimum absolute atomic E-state index is 0.668. The van der Waals surface area contributed by atoms with Gasteiger partial charge in [0.05, 0.1) is 23.9 Å². The molecule has 20 heavy (non-hydrogen) atoms. The summed E-state index contributed by atoms with van der Waals surface area (Å²) in [4.78, 5) is 8.35. The molecule has 0 unspecified atom stereocenters. The molecule has 5 heteroatoms. The van der Waals surface area contributed by atoms with Crippen LogP contribution in [0.1, 0.15) is 5.56 Å². The van der Waals surface area contributed by atoms with Crippen LogP contribution in [0, 0.1) is 6.92 Å². The van der Waals surface area contributed by atoms with Crippen molar-refractivity contribution in [1.82, 2.24) is 14.5 Å². The maximum Gasteiger partial charge on any atom is 0.0997 e. The van der Waals surface area contributed by atoms with Gasteiger partial charge < -0.3 is 5.73 Å². The summed E-state index contributed by atoms with van der Waals surface area (Å²) in [5, 5.41) is 0.723. The Morgan fingerprint density at radius 1 is 1.15 bits per heavy atom. The molecule has 0 saturated carbocycles. The number of hydrogen-bond acceptors (Lipinski definition) is 3. The topological polar surface area (TPSA) is 56.7 Å². The Kier molecular flexibility index (Phi) is 3.16. The van der Waals surface area contributed by atoms with Crippen molar-refractivity contribution in [3.63, 3.8) is 0 Å². The minimum Gasteiger partial charge on any atom is -0.398 e. The smallest absolute Gasteiger partial charge is 0.0997 e. The van der Waals surface area contributed by atoms with Crippen LogP contribution in [0.2, 0.25) is 5.02 Å². The average Bonchev–Trinajstić information content (AvgIpc) is 2.91. The van der Waals surface area contributed by atoms with Gasteiger partial charge in [-0.3, -0.25) is 9.55 Å². The number of imidazole rings is 1. The van der Waals surface area contributed by atoms with E-state index in [1.165, 1.54) is 0 Å². The highest BCUT2D eigenvalue weighted by Crippen LogP contribution is 2.29. The molecule has 0 aliphatic heterocycles. The van der Waals surface area contributed by atoms with E-state index in [-0.39, 0.29) is 0 Å². The third-order valence-electron chi connectivity index (χ3n) is 3.27. The Bertz CT molecular complexity index is 764. The van der Waals surface area contributed by atoms with Gasteiger partial charge in [-0.15, -0.1) is 0 Å². The van der Waals surface area contributed by atoms with E-state index in [1.807, 2.05) is 29.7 Å². The number of nitrogens with zero attached hydrogens (tertiary/aromatic N) is 3. The molecule has 0 saturated heterocycles. The van der Waals surface area contributed by atoms with Crippen molar-refractivity contribution in [2.24, 2.45) is 0 Å². The molecular weight excluding hydrogens is 272 g/mol. The predicted octanol–water partition coefficient (Wildman–Crippen LogP) is 3.48. The Balaban J connectivity index is 2.21. The highest BCUT2D eigenvalue weighted by atomic mass is 35.5. The van der Waals surface area contributed by atoms with Crippen LogP contribution in [0.15, 0.2) is 49.2 Å². The molecule has 0 aliphatic carbocycles. The van der Waals surface area contributed by atoms with Crippen LogP contribution in [0.5, 0.6) is 0 Å². The van der Waals surface area contributed by atoms with E-state index < -0.39 is 0 Å². The normalized spacial score (nSPS) is 10.7. The third-order valence-corrected chi connectivity index (χ3v) is 3.68. The molecule has 3 rings (SSSR count). The molecule has 0 atom stereocenters. The van der Waals surface area contributed by atoms with Gasteiger partial charge in [-0.2, -0.15) is 0 Å². The maximum atomic E-state index is 6.19. The molecule has 0 fully saturated rings. The van der Waals surface area contributed by atoms with E-state index >= 15 is 0 Å². The predicted molar refractivity (Wildman–Crippen MR) is 81.0 cm³/mol. The summed E-state index contributed by atoms with van der Waals surface area (Å²) in [6.07, 6.45) is 6.93. The summed E-state index contributed by atoms with van der Waals surface area (Å²) in [6, 6.07) is 7.56. The lowest BCUT2D eigenvalue weighted by molar-refractivity contribution is 1.04. The molecule has 0 radical (unpaired) electrons. The van der Waals surface area contributed by atoms with Crippen LogP contribution < -0.4 is 5.73 Å². The number of hydrogen-bond donors (Lipinski definition) is 1. The van der Waals surface area contributed by atoms with Crippen molar-refractivity contribution in [3.05, 3.63) is 59.8 Å². The fraction of sp³-hybridized carbons (Fsp3) is 0.0667. The SMILES string of the molecule is Cc1c(Cl)cccc1-n1cncc1-c1cnccc1N. The number of halogens is 1. The monoisotopic (exact) mass is 284 g/mol. The minimum atomic E-state index is 0.668. The zero-order chi connectivity index (χ0) is 14.1. The molecule has 4 nitrogen and oxygen atoms in total. The molecule has 0 aliphatic rings. The van der Waals surface area contributed by atoms with E-state index in [9.17, 15) is 0 Å². The van der Waals surface area contributed by atoms with Crippen LogP contribution in [-0.4, -0.2) is 14.5 Å². The van der Waals surface area contributed by atoms with E-state index in [0.717, 1.165) is 27.5 Å². The zero-order valence-electron chi connectivity index (χ0n) is 10.9. The molecule has 0 amide bonds. The largest absolute Gasteiger partial charge is 0.398 e. The van der Waals surface area contributed by atoms with E-state index in [1.54, 1.807) is 31.0 Å². The number of nitrogen functional groups attached to an aromatic ring is 1. The number of aromatic nitrogens is 3. The molecule has 100 valence electrons. The van der Waals surface area contributed by atoms with Crippen molar-refractivity contribution >= 4 is 17.3 Å². The van der Waals surface area contributed by atoms with Crippen LogP contribution in [0.4, 0.5) is 5.69 Å². The first kappa shape index (κ1) is 12.7. The Hall–Kier alpha value is -2.33. The molecule has 1 aromatic carbocycles. The van der Waals surface area contributed by atoms with Gasteiger partial charge in [0.25, 0.3) is 0 Å². The van der Waals surface area contributed by atoms with Gasteiger partial charge >= 0.3 is 0 Å². The van der Waals surface area contributed by atoms with Crippen molar-refractivity contribution in [2.45, 2.75) is 6.92 Å². The first-order valence-electron chi connectivity index (χ1n) is 6.16. The van der Waals surface area contributed by atoms with Crippen LogP contribution in [0.25, 0.3) is 16.9 Å². The van der Waals surface area contributed by atoms with E-state index in [2.05, 4.69) is 9.97 Å². The fourth-order valence-corrected chi connectivity index (χ4v) is 2.33. The highest BCUT2D eigenvalue weighted by Gasteiger charge is 2.12. The lowest BCUT2D eigenvalue weighted by Gasteiger charge is -2.13. The molecular formula is C15H13ClN4. The van der Waals surface area contributed by atoms with Gasteiger partial charge in [0.15, 0.2) is 0 Å². The molecule has 3 aromatic rings. The van der Waals surface area contributed by atoms with Gasteiger partial charge in [0.1, 0.15) is 0 Å². The lowest BCUT2D eigenvalue weighted by atomic mass is 10.1. The van der Waals surface area contributed by atoms with Gasteiger partial charge in [0.2, 0.25) is 0 Å². The Morgan fingerprint density at radius 2 is 2.00 bits per heavy atom. The standard InChI is InChI=1S/C15H13ClN4/c1-10-12(16)3-2-4-14(10)20-9-19-8-15(20)11-7-18-6-5-13(11)17/h2-9H,1H3,(H2,17,18). The summed E-state index contributed by atoms with van der Waals surface area (Å²) in [5.41, 5.74) is 10.4. The maximum absolute atomic E-state index is 6.19. The highest BCUT2D eigenvalue weighted by molar-refractivity contribution is 6.31. The zero-order valence-corrected chi connectivity index (χ0v) is 11.7. The Morgan fingerprint density at radius 3 is 2.80 bits per heavy atom. The fourth-order valence-electron chi connectivity index (χ4n) is 2.16. The molecule has 2 heterocycles. The second-order valence-corrected chi connectivity index (χ2v) is 4.90. The van der Waals surface area contributed by atoms with Gasteiger partial charge in [-0.1, -0.05) is 17.7 Å². The van der Waals surface area contributed by atoms with Crippen LogP contribution in [-0.2, 0) is 0 Å². The molecule has 2 aromatic heterocycles. The first-order chi connectivity index (χ1) is 9.68. The van der Waals surface area contributed by atoms with Crippen molar-refractivity contribution in [1.29, 1.82) is 0 Å². The van der Waals surface area contributed by atoms with Gasteiger partial charge in [-0.25, -0.2) is 4.98 Å². The lowest BCUT2D eigenvalue weighted by Crippen LogP contribution is -2.00. The summed E-state index contributed by atoms with van der Waals surface area (Å²) in [7, 11) is 0. The number of rotatable bonds is 2. The average molecular weight is 285 g/mol. The molecule has 2 N–H and O–H groups in total. The van der Waals surface area contributed by atoms with Crippen molar-refractivity contribution in [2.75, 3.05) is 5.73 Å². The van der Waals surface area contributed by atoms with Crippen molar-refractivity contribution in [3.8, 4) is 16.9 Å². The van der Waals surface area contributed by atoms with Crippen LogP contribution in [0.3, 0.4) is 0 Å². The number of benzene rings is 1. The van der Waals surface area contributed by atoms with Gasteiger partial charge in [0, 0.05) is 28.7 Å². The summed E-state index contributed by atoms with van der Waals surface area (Å²) < 4.78 is 1.97. The third kappa shape index (κ3) is 2.04. The second-order valence-electron chi connectivity index (χ2n) is 4.50. The molecule has 0 bridgehead atoms. The second kappa shape index (κ2) is 4.98. The van der Waals surface area contributed by atoms with Crippen molar-refractivity contribution < 1.29 is 0 Å². The number of nitrogens with two attached hydrogens (primary N) is 1. The first-order valence-corrected chi connectivity index (χ1v) is 6.54. The van der Waals surface area contributed by atoms with E-state index in [4.69, 9.17) is 17.3 Å². The summed E-state index contributed by atoms with van der Waals surface area (Å²) in [5.74, 6) is 0. The number of anilines is 1. The quantitative estimate of drug-likeness (QED) is 0.784.